The minimum atomic E-state index is -1.13. The maximum atomic E-state index is 11.3. The maximum Gasteiger partial charge on any atom is 0.411 e. The van der Waals surface area contributed by atoms with Crippen LogP contribution in [0.5, 0.6) is 0 Å². The number of alkyl halides is 2. The minimum absolute atomic E-state index is 0.144. The highest BCUT2D eigenvalue weighted by Crippen LogP contribution is 2.21. The SMILES string of the molecule is CC(Cl)(Cl)COC(=O)Nc1cc(Cl)nc(Cl)c1. The second-order valence-corrected chi connectivity index (χ2v) is 5.91. The Bertz CT molecular complexity index is 400. The number of ether oxygens (including phenoxy) is 1. The Labute approximate surface area is 118 Å². The second kappa shape index (κ2) is 5.96. The molecule has 1 aromatic rings. The van der Waals surface area contributed by atoms with Crippen molar-refractivity contribution in [3.63, 3.8) is 0 Å². The molecule has 4 nitrogen and oxygen atoms in total. The highest BCUT2D eigenvalue weighted by molar-refractivity contribution is 6.48. The number of amides is 1. The Kier molecular flexibility index (Phi) is 5.13. The van der Waals surface area contributed by atoms with Gasteiger partial charge in [0, 0.05) is 0 Å². The van der Waals surface area contributed by atoms with Crippen LogP contribution in [0.4, 0.5) is 10.5 Å². The van der Waals surface area contributed by atoms with Crippen LogP contribution >= 0.6 is 46.4 Å². The normalized spacial score (nSPS) is 11.1. The van der Waals surface area contributed by atoms with Crippen molar-refractivity contribution in [1.82, 2.24) is 4.98 Å². The molecule has 0 aliphatic rings. The Balaban J connectivity index is 2.56. The van der Waals surface area contributed by atoms with Crippen LogP contribution in [-0.4, -0.2) is 22.0 Å². The number of hydrogen-bond donors (Lipinski definition) is 1. The smallest absolute Gasteiger partial charge is 0.411 e. The molecule has 0 aliphatic heterocycles. The van der Waals surface area contributed by atoms with Gasteiger partial charge in [0.15, 0.2) is 0 Å². The van der Waals surface area contributed by atoms with Crippen molar-refractivity contribution in [2.24, 2.45) is 0 Å². The first-order valence-corrected chi connectivity index (χ1v) is 5.92. The number of anilines is 1. The third-order valence-electron chi connectivity index (χ3n) is 1.47. The van der Waals surface area contributed by atoms with Crippen LogP contribution in [0.3, 0.4) is 0 Å². The molecule has 94 valence electrons. The Morgan fingerprint density at radius 2 is 1.94 bits per heavy atom. The number of rotatable bonds is 3. The Morgan fingerprint density at radius 3 is 2.41 bits per heavy atom. The summed E-state index contributed by atoms with van der Waals surface area (Å²) in [7, 11) is 0. The van der Waals surface area contributed by atoms with Gasteiger partial charge in [-0.25, -0.2) is 9.78 Å². The maximum absolute atomic E-state index is 11.3. The van der Waals surface area contributed by atoms with Crippen LogP contribution in [0.1, 0.15) is 6.92 Å². The molecule has 1 heterocycles. The fraction of sp³-hybridized carbons (Fsp3) is 0.333. The van der Waals surface area contributed by atoms with Crippen molar-refractivity contribution in [3.8, 4) is 0 Å². The molecular weight excluding hydrogens is 310 g/mol. The summed E-state index contributed by atoms with van der Waals surface area (Å²) in [5.41, 5.74) is 0.367. The quantitative estimate of drug-likeness (QED) is 0.673. The van der Waals surface area contributed by atoms with Gasteiger partial charge in [-0.2, -0.15) is 0 Å². The lowest BCUT2D eigenvalue weighted by atomic mass is 10.4. The lowest BCUT2D eigenvalue weighted by Crippen LogP contribution is -2.22. The predicted octanol–water partition coefficient (Wildman–Crippen LogP) is 4.13. The summed E-state index contributed by atoms with van der Waals surface area (Å²) in [6.07, 6.45) is -0.712. The average molecular weight is 318 g/mol. The fourth-order valence-electron chi connectivity index (χ4n) is 0.883. The minimum Gasteiger partial charge on any atom is -0.446 e. The van der Waals surface area contributed by atoms with E-state index in [2.05, 4.69) is 10.3 Å². The molecule has 0 fully saturated rings. The van der Waals surface area contributed by atoms with Gasteiger partial charge in [0.2, 0.25) is 0 Å². The van der Waals surface area contributed by atoms with Gasteiger partial charge >= 0.3 is 6.09 Å². The second-order valence-electron chi connectivity index (χ2n) is 3.27. The lowest BCUT2D eigenvalue weighted by molar-refractivity contribution is 0.159. The third-order valence-corrected chi connectivity index (χ3v) is 2.07. The number of nitrogens with zero attached hydrogens (tertiary/aromatic N) is 1. The molecule has 0 bridgehead atoms. The molecule has 17 heavy (non-hydrogen) atoms. The number of aromatic nitrogens is 1. The number of nitrogens with one attached hydrogen (secondary N) is 1. The van der Waals surface area contributed by atoms with E-state index in [4.69, 9.17) is 51.1 Å². The van der Waals surface area contributed by atoms with E-state index in [9.17, 15) is 4.79 Å². The largest absolute Gasteiger partial charge is 0.446 e. The van der Waals surface area contributed by atoms with Gasteiger partial charge < -0.3 is 4.74 Å². The van der Waals surface area contributed by atoms with Crippen molar-refractivity contribution in [3.05, 3.63) is 22.4 Å². The number of halogens is 4. The summed E-state index contributed by atoms with van der Waals surface area (Å²) in [4.78, 5) is 15.0. The molecule has 1 rings (SSSR count). The first kappa shape index (κ1) is 14.6. The summed E-state index contributed by atoms with van der Waals surface area (Å²) in [6.45, 7) is 1.36. The summed E-state index contributed by atoms with van der Waals surface area (Å²) in [5, 5.41) is 2.73. The molecule has 0 unspecified atom stereocenters. The van der Waals surface area contributed by atoms with Crippen molar-refractivity contribution in [2.75, 3.05) is 11.9 Å². The zero-order valence-corrected chi connectivity index (χ0v) is 11.7. The number of carbonyl (C=O) groups is 1. The van der Waals surface area contributed by atoms with Crippen molar-refractivity contribution < 1.29 is 9.53 Å². The van der Waals surface area contributed by atoms with E-state index in [1.807, 2.05) is 0 Å². The van der Waals surface area contributed by atoms with Gasteiger partial charge in [0.05, 0.1) is 5.69 Å². The molecule has 1 amide bonds. The van der Waals surface area contributed by atoms with Gasteiger partial charge in [-0.3, -0.25) is 5.32 Å². The van der Waals surface area contributed by atoms with Crippen LogP contribution in [0.2, 0.25) is 10.3 Å². The zero-order chi connectivity index (χ0) is 13.1. The first-order valence-electron chi connectivity index (χ1n) is 4.41. The molecule has 0 atom stereocenters. The van der Waals surface area contributed by atoms with Crippen molar-refractivity contribution >= 4 is 58.2 Å². The first-order chi connectivity index (χ1) is 7.76. The Hall–Kier alpha value is -0.420. The van der Waals surface area contributed by atoms with E-state index in [1.165, 1.54) is 19.1 Å². The van der Waals surface area contributed by atoms with Gasteiger partial charge in [-0.1, -0.05) is 46.4 Å². The van der Waals surface area contributed by atoms with Gasteiger partial charge in [0.25, 0.3) is 0 Å². The number of carbonyl (C=O) groups excluding carboxylic acids is 1. The van der Waals surface area contributed by atoms with Crippen LogP contribution in [-0.2, 0) is 4.74 Å². The number of hydrogen-bond acceptors (Lipinski definition) is 3. The van der Waals surface area contributed by atoms with Crippen LogP contribution in [0, 0.1) is 0 Å². The number of pyridine rings is 1. The van der Waals surface area contributed by atoms with E-state index in [-0.39, 0.29) is 16.9 Å². The summed E-state index contributed by atoms with van der Waals surface area (Å²) < 4.78 is 3.64. The molecule has 1 aromatic heterocycles. The molecular formula is C9H8Cl4N2O2. The van der Waals surface area contributed by atoms with E-state index >= 15 is 0 Å². The van der Waals surface area contributed by atoms with E-state index in [0.717, 1.165) is 0 Å². The van der Waals surface area contributed by atoms with Gasteiger partial charge in [-0.15, -0.1) is 0 Å². The van der Waals surface area contributed by atoms with Crippen LogP contribution in [0.25, 0.3) is 0 Å². The van der Waals surface area contributed by atoms with E-state index in [1.54, 1.807) is 0 Å². The molecule has 0 aliphatic carbocycles. The van der Waals surface area contributed by atoms with Crippen molar-refractivity contribution in [1.29, 1.82) is 0 Å². The molecule has 0 aromatic carbocycles. The highest BCUT2D eigenvalue weighted by Gasteiger charge is 2.19. The van der Waals surface area contributed by atoms with E-state index < -0.39 is 10.4 Å². The summed E-state index contributed by atoms with van der Waals surface area (Å²) in [6, 6.07) is 2.85. The third kappa shape index (κ3) is 6.17. The van der Waals surface area contributed by atoms with Gasteiger partial charge in [-0.05, 0) is 19.1 Å². The Morgan fingerprint density at radius 1 is 1.41 bits per heavy atom. The van der Waals surface area contributed by atoms with Crippen LogP contribution < -0.4 is 5.32 Å². The van der Waals surface area contributed by atoms with Crippen molar-refractivity contribution in [2.45, 2.75) is 11.3 Å². The molecule has 0 saturated carbocycles. The lowest BCUT2D eigenvalue weighted by Gasteiger charge is -2.13. The van der Waals surface area contributed by atoms with Crippen LogP contribution in [0.15, 0.2) is 12.1 Å². The molecule has 1 N–H and O–H groups in total. The monoisotopic (exact) mass is 316 g/mol. The highest BCUT2D eigenvalue weighted by atomic mass is 35.5. The molecule has 8 heteroatoms. The summed E-state index contributed by atoms with van der Waals surface area (Å²) >= 11 is 22.6. The van der Waals surface area contributed by atoms with E-state index in [0.29, 0.717) is 5.69 Å². The molecule has 0 saturated heterocycles. The molecule has 0 radical (unpaired) electrons. The standard InChI is InChI=1S/C9H8Cl4N2O2/c1-9(12,13)4-17-8(16)14-5-2-6(10)15-7(11)3-5/h2-3H,4H2,1H3,(H,14,15,16). The fourth-order valence-corrected chi connectivity index (χ4v) is 1.45. The van der Waals surface area contributed by atoms with Gasteiger partial charge in [0.1, 0.15) is 21.2 Å². The molecule has 0 spiro atoms. The zero-order valence-electron chi connectivity index (χ0n) is 8.64. The summed E-state index contributed by atoms with van der Waals surface area (Å²) in [5.74, 6) is 0. The predicted molar refractivity (Wildman–Crippen MR) is 69.3 cm³/mol. The topological polar surface area (TPSA) is 51.2 Å². The average Bonchev–Trinajstić information content (AvgIpc) is 2.11.